The number of para-hydroxylation sites is 2. The summed E-state index contributed by atoms with van der Waals surface area (Å²) >= 11 is 0. The van der Waals surface area contributed by atoms with Crippen molar-refractivity contribution in [3.05, 3.63) is 90.6 Å². The zero-order valence-electron chi connectivity index (χ0n) is 18.4. The van der Waals surface area contributed by atoms with E-state index >= 15 is 0 Å². The molecule has 0 saturated carbocycles. The number of aromatic nitrogens is 3. The van der Waals surface area contributed by atoms with Gasteiger partial charge >= 0.3 is 0 Å². The van der Waals surface area contributed by atoms with Crippen molar-refractivity contribution in [2.75, 3.05) is 0 Å². The first-order chi connectivity index (χ1) is 16.1. The monoisotopic (exact) mass is 430 g/mol. The number of fused-ring (bicyclic) bond motifs is 1. The minimum absolute atomic E-state index is 0.151. The van der Waals surface area contributed by atoms with Crippen molar-refractivity contribution in [1.29, 1.82) is 5.26 Å². The van der Waals surface area contributed by atoms with Crippen molar-refractivity contribution in [2.45, 2.75) is 19.9 Å². The third-order valence-electron chi connectivity index (χ3n) is 5.76. The van der Waals surface area contributed by atoms with Crippen molar-refractivity contribution < 1.29 is 5.11 Å². The standard InChI is InChI=1S/C28H22N4O/c1-18(2)32-24-13-6-12-22(27(24)31-28(32)23-11-3-4-14-25(23)33)19-8-5-9-20(16-19)26-21(17-29)10-7-15-30-26/h3-16,18,33H,1-2H3. The zero-order chi connectivity index (χ0) is 22.9. The lowest BCUT2D eigenvalue weighted by molar-refractivity contribution is 0.476. The molecule has 0 amide bonds. The summed E-state index contributed by atoms with van der Waals surface area (Å²) < 4.78 is 2.16. The van der Waals surface area contributed by atoms with Gasteiger partial charge in [-0.15, -0.1) is 0 Å². The Kier molecular flexibility index (Phi) is 5.12. The Morgan fingerprint density at radius 3 is 2.42 bits per heavy atom. The molecule has 5 rings (SSSR count). The Labute approximate surface area is 192 Å². The van der Waals surface area contributed by atoms with Crippen LogP contribution in [0.5, 0.6) is 5.75 Å². The highest BCUT2D eigenvalue weighted by molar-refractivity contribution is 5.95. The molecule has 5 heteroatoms. The fraction of sp³-hybridized carbons (Fsp3) is 0.107. The molecule has 5 nitrogen and oxygen atoms in total. The van der Waals surface area contributed by atoms with Gasteiger partial charge in [-0.3, -0.25) is 4.98 Å². The summed E-state index contributed by atoms with van der Waals surface area (Å²) in [5, 5.41) is 20.0. The van der Waals surface area contributed by atoms with E-state index < -0.39 is 0 Å². The Hall–Kier alpha value is -4.43. The minimum Gasteiger partial charge on any atom is -0.507 e. The van der Waals surface area contributed by atoms with Gasteiger partial charge in [0.15, 0.2) is 0 Å². The number of phenolic OH excluding ortho intramolecular Hbond substituents is 1. The third kappa shape index (κ3) is 3.52. The lowest BCUT2D eigenvalue weighted by atomic mass is 9.99. The van der Waals surface area contributed by atoms with Gasteiger partial charge in [0.05, 0.1) is 27.9 Å². The largest absolute Gasteiger partial charge is 0.507 e. The second-order valence-corrected chi connectivity index (χ2v) is 8.18. The molecular weight excluding hydrogens is 408 g/mol. The van der Waals surface area contributed by atoms with Crippen molar-refractivity contribution >= 4 is 11.0 Å². The molecule has 0 bridgehead atoms. The van der Waals surface area contributed by atoms with E-state index in [1.54, 1.807) is 24.4 Å². The van der Waals surface area contributed by atoms with Crippen molar-refractivity contribution in [1.82, 2.24) is 14.5 Å². The first kappa shape index (κ1) is 20.5. The van der Waals surface area contributed by atoms with E-state index in [0.29, 0.717) is 16.8 Å². The lowest BCUT2D eigenvalue weighted by Crippen LogP contribution is -2.03. The van der Waals surface area contributed by atoms with Gasteiger partial charge in [0.1, 0.15) is 17.6 Å². The van der Waals surface area contributed by atoms with E-state index in [0.717, 1.165) is 33.5 Å². The molecule has 0 aliphatic heterocycles. The van der Waals surface area contributed by atoms with Gasteiger partial charge in [0, 0.05) is 23.4 Å². The van der Waals surface area contributed by atoms with Crippen molar-refractivity contribution in [3.63, 3.8) is 0 Å². The fourth-order valence-corrected chi connectivity index (χ4v) is 4.29. The SMILES string of the molecule is CC(C)n1c(-c2ccccc2O)nc2c(-c3cccc(-c4ncccc4C#N)c3)cccc21. The second-order valence-electron chi connectivity index (χ2n) is 8.18. The number of nitrogens with zero attached hydrogens (tertiary/aromatic N) is 4. The Balaban J connectivity index is 1.74. The summed E-state index contributed by atoms with van der Waals surface area (Å²) in [5.41, 5.74) is 6.63. The smallest absolute Gasteiger partial charge is 0.145 e. The molecule has 0 fully saturated rings. The van der Waals surface area contributed by atoms with E-state index in [-0.39, 0.29) is 11.8 Å². The molecule has 0 aliphatic carbocycles. The number of pyridine rings is 1. The van der Waals surface area contributed by atoms with Crippen LogP contribution in [0.4, 0.5) is 0 Å². The minimum atomic E-state index is 0.151. The number of hydrogen-bond acceptors (Lipinski definition) is 4. The van der Waals surface area contributed by atoms with E-state index in [2.05, 4.69) is 41.6 Å². The molecule has 0 spiro atoms. The Morgan fingerprint density at radius 2 is 1.64 bits per heavy atom. The maximum Gasteiger partial charge on any atom is 0.145 e. The molecule has 2 aromatic heterocycles. The number of aromatic hydroxyl groups is 1. The maximum atomic E-state index is 10.5. The van der Waals surface area contributed by atoms with Crippen LogP contribution in [0.1, 0.15) is 25.5 Å². The summed E-state index contributed by atoms with van der Waals surface area (Å²) in [6.07, 6.45) is 1.70. The van der Waals surface area contributed by atoms with Gasteiger partial charge in [-0.05, 0) is 55.8 Å². The lowest BCUT2D eigenvalue weighted by Gasteiger charge is -2.14. The van der Waals surface area contributed by atoms with Crippen LogP contribution < -0.4 is 0 Å². The first-order valence-corrected chi connectivity index (χ1v) is 10.8. The molecule has 0 unspecified atom stereocenters. The van der Waals surface area contributed by atoms with Crippen LogP contribution in [0.3, 0.4) is 0 Å². The summed E-state index contributed by atoms with van der Waals surface area (Å²) in [6.45, 7) is 4.23. The number of rotatable bonds is 4. The molecule has 0 saturated heterocycles. The summed E-state index contributed by atoms with van der Waals surface area (Å²) in [7, 11) is 0. The molecule has 0 atom stereocenters. The molecule has 5 aromatic rings. The molecule has 160 valence electrons. The quantitative estimate of drug-likeness (QED) is 0.349. The number of nitriles is 1. The number of benzene rings is 3. The van der Waals surface area contributed by atoms with Crippen LogP contribution in [0.25, 0.3) is 44.8 Å². The topological polar surface area (TPSA) is 74.7 Å². The molecule has 1 N–H and O–H groups in total. The Morgan fingerprint density at radius 1 is 0.879 bits per heavy atom. The highest BCUT2D eigenvalue weighted by atomic mass is 16.3. The highest BCUT2D eigenvalue weighted by Gasteiger charge is 2.20. The van der Waals surface area contributed by atoms with Gasteiger partial charge in [-0.2, -0.15) is 5.26 Å². The van der Waals surface area contributed by atoms with Crippen LogP contribution in [-0.2, 0) is 0 Å². The average Bonchev–Trinajstić information content (AvgIpc) is 3.24. The molecule has 3 aromatic carbocycles. The van der Waals surface area contributed by atoms with E-state index in [9.17, 15) is 10.4 Å². The predicted molar refractivity (Wildman–Crippen MR) is 131 cm³/mol. The fourth-order valence-electron chi connectivity index (χ4n) is 4.29. The van der Waals surface area contributed by atoms with Crippen LogP contribution in [0.2, 0.25) is 0 Å². The molecule has 0 radical (unpaired) electrons. The van der Waals surface area contributed by atoms with Crippen LogP contribution in [0.15, 0.2) is 85.1 Å². The van der Waals surface area contributed by atoms with Crippen LogP contribution in [0, 0.1) is 11.3 Å². The Bertz CT molecular complexity index is 1530. The highest BCUT2D eigenvalue weighted by Crippen LogP contribution is 2.37. The van der Waals surface area contributed by atoms with Crippen LogP contribution >= 0.6 is 0 Å². The summed E-state index contributed by atoms with van der Waals surface area (Å²) in [5.74, 6) is 0.940. The zero-order valence-corrected chi connectivity index (χ0v) is 18.4. The predicted octanol–water partition coefficient (Wildman–Crippen LogP) is 6.59. The van der Waals surface area contributed by atoms with E-state index in [4.69, 9.17) is 4.98 Å². The van der Waals surface area contributed by atoms with Gasteiger partial charge in [-0.1, -0.05) is 42.5 Å². The summed E-state index contributed by atoms with van der Waals surface area (Å²) in [6, 6.07) is 27.4. The van der Waals surface area contributed by atoms with E-state index in [1.165, 1.54) is 0 Å². The number of imidazole rings is 1. The van der Waals surface area contributed by atoms with Gasteiger partial charge in [0.2, 0.25) is 0 Å². The second kappa shape index (κ2) is 8.25. The van der Waals surface area contributed by atoms with Crippen LogP contribution in [-0.4, -0.2) is 19.6 Å². The summed E-state index contributed by atoms with van der Waals surface area (Å²) in [4.78, 5) is 9.45. The van der Waals surface area contributed by atoms with Gasteiger partial charge in [0.25, 0.3) is 0 Å². The van der Waals surface area contributed by atoms with Crippen molar-refractivity contribution in [3.8, 4) is 45.6 Å². The van der Waals surface area contributed by atoms with E-state index in [1.807, 2.05) is 48.5 Å². The molecule has 0 aliphatic rings. The average molecular weight is 431 g/mol. The van der Waals surface area contributed by atoms with Crippen molar-refractivity contribution in [2.24, 2.45) is 0 Å². The van der Waals surface area contributed by atoms with Gasteiger partial charge < -0.3 is 9.67 Å². The molecule has 33 heavy (non-hydrogen) atoms. The molecular formula is C28H22N4O. The van der Waals surface area contributed by atoms with Gasteiger partial charge in [-0.25, -0.2) is 4.98 Å². The number of hydrogen-bond donors (Lipinski definition) is 1. The third-order valence-corrected chi connectivity index (χ3v) is 5.76. The normalized spacial score (nSPS) is 11.1. The maximum absolute atomic E-state index is 10.5. The first-order valence-electron chi connectivity index (χ1n) is 10.8. The molecule has 2 heterocycles. The number of phenols is 1.